The molecular weight excluding hydrogens is 477 g/mol. The van der Waals surface area contributed by atoms with Crippen LogP contribution in [0.3, 0.4) is 0 Å². The Hall–Kier alpha value is -3.23. The zero-order chi connectivity index (χ0) is 25.5. The van der Waals surface area contributed by atoms with Crippen LogP contribution in [0.5, 0.6) is 0 Å². The van der Waals surface area contributed by atoms with Gasteiger partial charge in [-0.1, -0.05) is 42.8 Å². The molecule has 0 radical (unpaired) electrons. The first-order valence-electron chi connectivity index (χ1n) is 12.2. The van der Waals surface area contributed by atoms with Crippen molar-refractivity contribution in [3.05, 3.63) is 101 Å². The van der Waals surface area contributed by atoms with Crippen molar-refractivity contribution in [2.45, 2.75) is 38.9 Å². The Bertz CT molecular complexity index is 1250. The molecule has 0 atom stereocenters. The monoisotopic (exact) mass is 509 g/mol. The minimum Gasteiger partial charge on any atom is -0.348 e. The first kappa shape index (κ1) is 25.9. The average Bonchev–Trinajstić information content (AvgIpc) is 2.88. The van der Waals surface area contributed by atoms with Gasteiger partial charge < -0.3 is 5.32 Å². The summed E-state index contributed by atoms with van der Waals surface area (Å²) in [6, 6.07) is 20.4. The lowest BCUT2D eigenvalue weighted by atomic mass is 10.1. The number of hydrogen-bond donors (Lipinski definition) is 1. The number of benzene rings is 3. The lowest BCUT2D eigenvalue weighted by molar-refractivity contribution is 0.0951. The van der Waals surface area contributed by atoms with E-state index in [1.165, 1.54) is 41.3 Å². The number of nitrogens with zero attached hydrogens (tertiary/aromatic N) is 2. The predicted octanol–water partition coefficient (Wildman–Crippen LogP) is 4.71. The van der Waals surface area contributed by atoms with Crippen LogP contribution in [0.1, 0.15) is 46.3 Å². The molecule has 0 spiro atoms. The summed E-state index contributed by atoms with van der Waals surface area (Å²) in [5.74, 6) is -0.614. The number of anilines is 1. The zero-order valence-corrected chi connectivity index (χ0v) is 21.3. The third-order valence-corrected chi connectivity index (χ3v) is 7.53. The Morgan fingerprint density at radius 2 is 1.44 bits per heavy atom. The number of halogens is 1. The fourth-order valence-electron chi connectivity index (χ4n) is 4.36. The summed E-state index contributed by atoms with van der Waals surface area (Å²) < 4.78 is 39.2. The number of sulfonamides is 1. The fourth-order valence-corrected chi connectivity index (χ4v) is 5.25. The van der Waals surface area contributed by atoms with E-state index in [9.17, 15) is 17.6 Å². The van der Waals surface area contributed by atoms with E-state index in [0.717, 1.165) is 31.5 Å². The van der Waals surface area contributed by atoms with Gasteiger partial charge in [-0.25, -0.2) is 12.8 Å². The second-order valence-corrected chi connectivity index (χ2v) is 11.2. The van der Waals surface area contributed by atoms with E-state index in [4.69, 9.17) is 0 Å². The van der Waals surface area contributed by atoms with Gasteiger partial charge in [0.05, 0.1) is 18.5 Å². The average molecular weight is 510 g/mol. The molecule has 4 rings (SSSR count). The first-order chi connectivity index (χ1) is 17.3. The van der Waals surface area contributed by atoms with Crippen molar-refractivity contribution in [2.24, 2.45) is 0 Å². The second kappa shape index (κ2) is 11.7. The molecule has 36 heavy (non-hydrogen) atoms. The van der Waals surface area contributed by atoms with Crippen LogP contribution in [0.4, 0.5) is 10.1 Å². The van der Waals surface area contributed by atoms with Crippen molar-refractivity contribution in [3.63, 3.8) is 0 Å². The number of hydrogen-bond acceptors (Lipinski definition) is 4. The molecule has 0 bridgehead atoms. The molecule has 0 unspecified atom stereocenters. The molecule has 1 amide bonds. The summed E-state index contributed by atoms with van der Waals surface area (Å²) in [5, 5.41) is 2.92. The summed E-state index contributed by atoms with van der Waals surface area (Å²) in [6.07, 6.45) is 4.98. The number of rotatable bonds is 9. The van der Waals surface area contributed by atoms with Gasteiger partial charge in [-0.15, -0.1) is 0 Å². The molecule has 1 aliphatic heterocycles. The van der Waals surface area contributed by atoms with Crippen LogP contribution in [-0.2, 0) is 29.7 Å². The quantitative estimate of drug-likeness (QED) is 0.454. The highest BCUT2D eigenvalue weighted by molar-refractivity contribution is 7.92. The van der Waals surface area contributed by atoms with Crippen molar-refractivity contribution < 1.29 is 17.6 Å². The molecule has 3 aromatic carbocycles. The molecule has 0 saturated carbocycles. The van der Waals surface area contributed by atoms with Gasteiger partial charge >= 0.3 is 0 Å². The lowest BCUT2D eigenvalue weighted by Gasteiger charge is -2.26. The number of amides is 1. The molecule has 3 aromatic rings. The number of piperidine rings is 1. The van der Waals surface area contributed by atoms with Gasteiger partial charge in [-0.2, -0.15) is 0 Å². The van der Waals surface area contributed by atoms with Crippen molar-refractivity contribution in [2.75, 3.05) is 23.7 Å². The highest BCUT2D eigenvalue weighted by Gasteiger charge is 2.18. The first-order valence-corrected chi connectivity index (χ1v) is 14.0. The van der Waals surface area contributed by atoms with E-state index in [-0.39, 0.29) is 18.3 Å². The van der Waals surface area contributed by atoms with Crippen LogP contribution in [0, 0.1) is 5.82 Å². The maximum atomic E-state index is 13.2. The molecule has 1 N–H and O–H groups in total. The normalized spacial score (nSPS) is 14.4. The maximum absolute atomic E-state index is 13.2. The molecule has 0 aromatic heterocycles. The molecule has 1 heterocycles. The summed E-state index contributed by atoms with van der Waals surface area (Å²) in [5.41, 5.74) is 3.83. The summed E-state index contributed by atoms with van der Waals surface area (Å²) in [6.45, 7) is 3.75. The van der Waals surface area contributed by atoms with Crippen LogP contribution in [-0.4, -0.2) is 38.6 Å². The smallest absolute Gasteiger partial charge is 0.251 e. The number of carbonyl (C=O) groups excluding carboxylic acids is 1. The van der Waals surface area contributed by atoms with Crippen molar-refractivity contribution in [1.82, 2.24) is 10.2 Å². The van der Waals surface area contributed by atoms with Crippen LogP contribution in [0.15, 0.2) is 72.8 Å². The Kier molecular flexibility index (Phi) is 8.38. The predicted molar refractivity (Wildman–Crippen MR) is 141 cm³/mol. The van der Waals surface area contributed by atoms with Crippen LogP contribution < -0.4 is 9.62 Å². The molecule has 1 aliphatic rings. The minimum atomic E-state index is -3.58. The van der Waals surface area contributed by atoms with E-state index < -0.39 is 10.0 Å². The highest BCUT2D eigenvalue weighted by atomic mass is 32.2. The van der Waals surface area contributed by atoms with E-state index in [1.54, 1.807) is 36.4 Å². The number of nitrogens with one attached hydrogen (secondary N) is 1. The van der Waals surface area contributed by atoms with E-state index >= 15 is 0 Å². The second-order valence-electron chi connectivity index (χ2n) is 9.28. The van der Waals surface area contributed by atoms with Gasteiger partial charge in [-0.3, -0.25) is 14.0 Å². The Balaban J connectivity index is 1.34. The molecule has 6 nitrogen and oxygen atoms in total. The highest BCUT2D eigenvalue weighted by Crippen LogP contribution is 2.22. The molecule has 8 heteroatoms. The maximum Gasteiger partial charge on any atom is 0.251 e. The van der Waals surface area contributed by atoms with E-state index in [1.807, 2.05) is 12.1 Å². The van der Waals surface area contributed by atoms with Crippen molar-refractivity contribution in [3.8, 4) is 0 Å². The molecule has 1 saturated heterocycles. The van der Waals surface area contributed by atoms with Crippen LogP contribution >= 0.6 is 0 Å². The van der Waals surface area contributed by atoms with E-state index in [2.05, 4.69) is 22.3 Å². The summed E-state index contributed by atoms with van der Waals surface area (Å²) >= 11 is 0. The molecule has 0 aliphatic carbocycles. The largest absolute Gasteiger partial charge is 0.348 e. The summed E-state index contributed by atoms with van der Waals surface area (Å²) in [7, 11) is -3.58. The van der Waals surface area contributed by atoms with Gasteiger partial charge in [-0.05, 0) is 79.0 Å². The van der Waals surface area contributed by atoms with Crippen LogP contribution in [0.25, 0.3) is 0 Å². The van der Waals surface area contributed by atoms with Crippen molar-refractivity contribution >= 4 is 21.6 Å². The van der Waals surface area contributed by atoms with Gasteiger partial charge in [0.1, 0.15) is 5.82 Å². The Morgan fingerprint density at radius 1 is 0.861 bits per heavy atom. The molecule has 1 fully saturated rings. The van der Waals surface area contributed by atoms with E-state index in [0.29, 0.717) is 23.4 Å². The Morgan fingerprint density at radius 3 is 2.06 bits per heavy atom. The number of likely N-dealkylation sites (tertiary alicyclic amines) is 1. The van der Waals surface area contributed by atoms with Crippen LogP contribution in [0.2, 0.25) is 0 Å². The van der Waals surface area contributed by atoms with Gasteiger partial charge in [0.15, 0.2) is 0 Å². The topological polar surface area (TPSA) is 69.7 Å². The summed E-state index contributed by atoms with van der Waals surface area (Å²) in [4.78, 5) is 15.1. The SMILES string of the molecule is CS(=O)(=O)N(Cc1ccc(F)cc1)c1ccc(C(=O)NCc2ccc(CN3CCCCC3)cc2)cc1. The number of carbonyl (C=O) groups is 1. The Labute approximate surface area is 212 Å². The fraction of sp³-hybridized carbons (Fsp3) is 0.321. The van der Waals surface area contributed by atoms with Gasteiger partial charge in [0.25, 0.3) is 5.91 Å². The minimum absolute atomic E-state index is 0.0679. The third kappa shape index (κ3) is 7.15. The third-order valence-electron chi connectivity index (χ3n) is 6.39. The van der Waals surface area contributed by atoms with Gasteiger partial charge in [0.2, 0.25) is 10.0 Å². The van der Waals surface area contributed by atoms with Crippen molar-refractivity contribution in [1.29, 1.82) is 0 Å². The van der Waals surface area contributed by atoms with Gasteiger partial charge in [0, 0.05) is 18.7 Å². The lowest BCUT2D eigenvalue weighted by Crippen LogP contribution is -2.29. The molecular formula is C28H32FN3O3S. The molecule has 190 valence electrons. The zero-order valence-electron chi connectivity index (χ0n) is 20.5. The standard InChI is InChI=1S/C28H32FN3O3S/c1-36(34,35)32(21-24-9-13-26(29)14-10-24)27-15-11-25(12-16-27)28(33)30-19-22-5-7-23(8-6-22)20-31-17-3-2-4-18-31/h5-16H,2-4,17-21H2,1H3,(H,30,33).